The van der Waals surface area contributed by atoms with Crippen molar-refractivity contribution in [3.05, 3.63) is 11.6 Å². The summed E-state index contributed by atoms with van der Waals surface area (Å²) in [5.74, 6) is -0.448. The molecule has 106 valence electrons. The maximum absolute atomic E-state index is 12.6. The zero-order valence-corrected chi connectivity index (χ0v) is 10.7. The standard InChI is InChI=1S/C11H15F3N4O/c1-6(8-3-4-8)18(5-11(12,13)14)10(19)9-15-7(2)16-17-9/h6,8H,3-5H2,1-2H3,(H,15,16,17). The van der Waals surface area contributed by atoms with Gasteiger partial charge in [0, 0.05) is 6.04 Å². The van der Waals surface area contributed by atoms with Gasteiger partial charge in [0.05, 0.1) is 0 Å². The Bertz CT molecular complexity index is 467. The average molecular weight is 276 g/mol. The first-order valence-corrected chi connectivity index (χ1v) is 6.04. The van der Waals surface area contributed by atoms with Crippen LogP contribution in [-0.4, -0.2) is 44.8 Å². The predicted octanol–water partition coefficient (Wildman–Crippen LogP) is 1.92. The van der Waals surface area contributed by atoms with Gasteiger partial charge < -0.3 is 4.90 Å². The van der Waals surface area contributed by atoms with E-state index in [9.17, 15) is 18.0 Å². The topological polar surface area (TPSA) is 61.9 Å². The second-order valence-electron chi connectivity index (χ2n) is 4.87. The summed E-state index contributed by atoms with van der Waals surface area (Å²) >= 11 is 0. The number of alkyl halides is 3. The molecule has 19 heavy (non-hydrogen) atoms. The van der Waals surface area contributed by atoms with E-state index in [1.165, 1.54) is 0 Å². The molecule has 1 aromatic heterocycles. The summed E-state index contributed by atoms with van der Waals surface area (Å²) in [6.07, 6.45) is -2.71. The second kappa shape index (κ2) is 4.82. The van der Waals surface area contributed by atoms with Crippen molar-refractivity contribution in [2.24, 2.45) is 5.92 Å². The van der Waals surface area contributed by atoms with Gasteiger partial charge in [-0.25, -0.2) is 4.98 Å². The third kappa shape index (κ3) is 3.45. The van der Waals surface area contributed by atoms with Gasteiger partial charge in [0.2, 0.25) is 5.82 Å². The number of hydrogen-bond donors (Lipinski definition) is 1. The van der Waals surface area contributed by atoms with Gasteiger partial charge in [0.15, 0.2) is 0 Å². The van der Waals surface area contributed by atoms with Gasteiger partial charge in [-0.15, -0.1) is 5.10 Å². The van der Waals surface area contributed by atoms with Crippen molar-refractivity contribution in [3.8, 4) is 0 Å². The van der Waals surface area contributed by atoms with Crippen LogP contribution in [0.2, 0.25) is 0 Å². The molecule has 1 unspecified atom stereocenters. The first-order chi connectivity index (χ1) is 8.78. The largest absolute Gasteiger partial charge is 0.406 e. The molecule has 1 saturated carbocycles. The van der Waals surface area contributed by atoms with E-state index >= 15 is 0 Å². The van der Waals surface area contributed by atoms with Crippen molar-refractivity contribution in [1.82, 2.24) is 20.1 Å². The summed E-state index contributed by atoms with van der Waals surface area (Å²) < 4.78 is 37.8. The zero-order valence-electron chi connectivity index (χ0n) is 10.7. The number of carbonyl (C=O) groups is 1. The highest BCUT2D eigenvalue weighted by molar-refractivity contribution is 5.90. The van der Waals surface area contributed by atoms with E-state index in [1.54, 1.807) is 13.8 Å². The monoisotopic (exact) mass is 276 g/mol. The highest BCUT2D eigenvalue weighted by Gasteiger charge is 2.41. The second-order valence-corrected chi connectivity index (χ2v) is 4.87. The van der Waals surface area contributed by atoms with Crippen LogP contribution >= 0.6 is 0 Å². The molecular formula is C11H15F3N4O. The minimum atomic E-state index is -4.43. The Morgan fingerprint density at radius 2 is 2.16 bits per heavy atom. The van der Waals surface area contributed by atoms with Crippen LogP contribution in [0.3, 0.4) is 0 Å². The number of nitrogens with one attached hydrogen (secondary N) is 1. The number of carbonyl (C=O) groups excluding carboxylic acids is 1. The fourth-order valence-electron chi connectivity index (χ4n) is 1.99. The Labute approximate surface area is 108 Å². The summed E-state index contributed by atoms with van der Waals surface area (Å²) in [5.41, 5.74) is 0. The molecule has 0 radical (unpaired) electrons. The molecule has 1 aromatic rings. The number of halogens is 3. The molecule has 2 rings (SSSR count). The van der Waals surface area contributed by atoms with E-state index in [-0.39, 0.29) is 11.7 Å². The van der Waals surface area contributed by atoms with Crippen LogP contribution < -0.4 is 0 Å². The molecule has 1 fully saturated rings. The molecule has 0 saturated heterocycles. The molecule has 8 heteroatoms. The molecule has 1 N–H and O–H groups in total. The SMILES string of the molecule is Cc1nc(C(=O)N(CC(F)(F)F)C(C)C2CC2)n[nH]1. The third-order valence-electron chi connectivity index (χ3n) is 3.19. The van der Waals surface area contributed by atoms with Crippen molar-refractivity contribution in [1.29, 1.82) is 0 Å². The normalized spacial score (nSPS) is 17.3. The molecule has 1 aliphatic rings. The minimum Gasteiger partial charge on any atom is -0.324 e. The smallest absolute Gasteiger partial charge is 0.324 e. The number of H-pyrrole nitrogens is 1. The van der Waals surface area contributed by atoms with Crippen molar-refractivity contribution in [2.75, 3.05) is 6.54 Å². The van der Waals surface area contributed by atoms with Gasteiger partial charge in [-0.05, 0) is 32.6 Å². The number of amides is 1. The van der Waals surface area contributed by atoms with Gasteiger partial charge in [-0.1, -0.05) is 0 Å². The van der Waals surface area contributed by atoms with E-state index in [2.05, 4.69) is 15.2 Å². The molecule has 0 aliphatic heterocycles. The van der Waals surface area contributed by atoms with Crippen LogP contribution in [0.1, 0.15) is 36.2 Å². The Morgan fingerprint density at radius 3 is 2.58 bits per heavy atom. The van der Waals surface area contributed by atoms with E-state index in [0.29, 0.717) is 5.82 Å². The molecule has 1 aliphatic carbocycles. The number of aryl methyl sites for hydroxylation is 1. The van der Waals surface area contributed by atoms with E-state index in [0.717, 1.165) is 17.7 Å². The summed E-state index contributed by atoms with van der Waals surface area (Å²) in [4.78, 5) is 16.7. The highest BCUT2D eigenvalue weighted by atomic mass is 19.4. The third-order valence-corrected chi connectivity index (χ3v) is 3.19. The molecular weight excluding hydrogens is 261 g/mol. The van der Waals surface area contributed by atoms with Crippen LogP contribution in [0, 0.1) is 12.8 Å². The molecule has 1 heterocycles. The van der Waals surface area contributed by atoms with Crippen molar-refractivity contribution in [3.63, 3.8) is 0 Å². The van der Waals surface area contributed by atoms with Gasteiger partial charge >= 0.3 is 6.18 Å². The highest BCUT2D eigenvalue weighted by Crippen LogP contribution is 2.36. The first kappa shape index (κ1) is 13.8. The van der Waals surface area contributed by atoms with Gasteiger partial charge in [0.1, 0.15) is 12.4 Å². The predicted molar refractivity (Wildman–Crippen MR) is 60.4 cm³/mol. The lowest BCUT2D eigenvalue weighted by atomic mass is 10.1. The maximum Gasteiger partial charge on any atom is 0.406 e. The Balaban J connectivity index is 2.18. The lowest BCUT2D eigenvalue weighted by Crippen LogP contribution is -2.45. The zero-order chi connectivity index (χ0) is 14.2. The van der Waals surface area contributed by atoms with Crippen LogP contribution in [0.5, 0.6) is 0 Å². The van der Waals surface area contributed by atoms with Gasteiger partial charge in [0.25, 0.3) is 5.91 Å². The van der Waals surface area contributed by atoms with Crippen LogP contribution in [0.25, 0.3) is 0 Å². The number of rotatable bonds is 4. The molecule has 0 bridgehead atoms. The lowest BCUT2D eigenvalue weighted by Gasteiger charge is -2.29. The number of aromatic amines is 1. The summed E-state index contributed by atoms with van der Waals surface area (Å²) in [6.45, 7) is 1.96. The van der Waals surface area contributed by atoms with Crippen molar-refractivity contribution in [2.45, 2.75) is 38.9 Å². The average Bonchev–Trinajstić information content (AvgIpc) is 3.06. The first-order valence-electron chi connectivity index (χ1n) is 6.04. The van der Waals surface area contributed by atoms with Crippen LogP contribution in [0.15, 0.2) is 0 Å². The van der Waals surface area contributed by atoms with Crippen LogP contribution in [0.4, 0.5) is 13.2 Å². The van der Waals surface area contributed by atoms with Gasteiger partial charge in [-0.3, -0.25) is 9.89 Å². The number of nitrogens with zero attached hydrogens (tertiary/aromatic N) is 3. The minimum absolute atomic E-state index is 0.145. The summed E-state index contributed by atoms with van der Waals surface area (Å²) in [7, 11) is 0. The van der Waals surface area contributed by atoms with Crippen LogP contribution in [-0.2, 0) is 0 Å². The Hall–Kier alpha value is -1.60. The molecule has 0 spiro atoms. The van der Waals surface area contributed by atoms with E-state index in [1.807, 2.05) is 0 Å². The van der Waals surface area contributed by atoms with Gasteiger partial charge in [-0.2, -0.15) is 13.2 Å². The summed E-state index contributed by atoms with van der Waals surface area (Å²) in [6, 6.07) is -0.451. The Morgan fingerprint density at radius 1 is 1.53 bits per heavy atom. The molecule has 1 atom stereocenters. The molecule has 0 aromatic carbocycles. The van der Waals surface area contributed by atoms with E-state index < -0.39 is 24.7 Å². The van der Waals surface area contributed by atoms with E-state index in [4.69, 9.17) is 0 Å². The van der Waals surface area contributed by atoms with Crippen molar-refractivity contribution < 1.29 is 18.0 Å². The fraction of sp³-hybridized carbons (Fsp3) is 0.727. The number of aromatic nitrogens is 3. The summed E-state index contributed by atoms with van der Waals surface area (Å²) in [5, 5.41) is 6.10. The number of hydrogen-bond acceptors (Lipinski definition) is 3. The van der Waals surface area contributed by atoms with Crippen molar-refractivity contribution >= 4 is 5.91 Å². The maximum atomic E-state index is 12.6. The molecule has 1 amide bonds. The quantitative estimate of drug-likeness (QED) is 0.913. The lowest BCUT2D eigenvalue weighted by molar-refractivity contribution is -0.144. The fourth-order valence-corrected chi connectivity index (χ4v) is 1.99. The Kier molecular flexibility index (Phi) is 3.51. The molecule has 5 nitrogen and oxygen atoms in total.